The van der Waals surface area contributed by atoms with Gasteiger partial charge in [0.25, 0.3) is 11.8 Å². The summed E-state index contributed by atoms with van der Waals surface area (Å²) in [4.78, 5) is 56.0. The summed E-state index contributed by atoms with van der Waals surface area (Å²) in [5.74, 6) is -1.48. The molecular weight excluding hydrogens is 464 g/mol. The zero-order valence-electron chi connectivity index (χ0n) is 18.5. The van der Waals surface area contributed by atoms with Crippen molar-refractivity contribution in [1.29, 1.82) is 0 Å². The van der Waals surface area contributed by atoms with Gasteiger partial charge in [-0.05, 0) is 29.7 Å². The van der Waals surface area contributed by atoms with Crippen molar-refractivity contribution in [3.8, 4) is 0 Å². The van der Waals surface area contributed by atoms with E-state index in [2.05, 4.69) is 0 Å². The largest absolute Gasteiger partial charge is 0.358 e. The smallest absolute Gasteiger partial charge is 0.261 e. The van der Waals surface area contributed by atoms with E-state index < -0.39 is 11.8 Å². The maximum atomic E-state index is 13.6. The number of benzene rings is 3. The van der Waals surface area contributed by atoms with Crippen LogP contribution in [0.3, 0.4) is 0 Å². The number of ketones is 2. The molecule has 0 unspecified atom stereocenters. The highest BCUT2D eigenvalue weighted by Crippen LogP contribution is 2.39. The average molecular weight is 483 g/mol. The van der Waals surface area contributed by atoms with Crippen molar-refractivity contribution in [2.24, 2.45) is 0 Å². The fraction of sp³-hybridized carbons (Fsp3) is 0.143. The SMILES string of the molecule is O=C1C(Cl)=C(N2CCc3ccccc3[C@@H]2CN2C(=O)c3ccccc3C2=O)C(=O)c2ccccc21. The van der Waals surface area contributed by atoms with Crippen LogP contribution in [0.4, 0.5) is 0 Å². The van der Waals surface area contributed by atoms with Crippen molar-refractivity contribution in [2.45, 2.75) is 12.5 Å². The lowest BCUT2D eigenvalue weighted by atomic mass is 9.87. The van der Waals surface area contributed by atoms with E-state index in [0.29, 0.717) is 29.7 Å². The van der Waals surface area contributed by atoms with E-state index in [4.69, 9.17) is 11.6 Å². The molecule has 0 spiro atoms. The number of nitrogens with zero attached hydrogens (tertiary/aromatic N) is 2. The third-order valence-corrected chi connectivity index (χ3v) is 7.32. The second-order valence-electron chi connectivity index (χ2n) is 8.79. The van der Waals surface area contributed by atoms with Crippen molar-refractivity contribution in [3.63, 3.8) is 0 Å². The second-order valence-corrected chi connectivity index (χ2v) is 9.17. The van der Waals surface area contributed by atoms with Gasteiger partial charge in [-0.25, -0.2) is 0 Å². The van der Waals surface area contributed by atoms with E-state index in [1.165, 1.54) is 4.90 Å². The summed E-state index contributed by atoms with van der Waals surface area (Å²) in [6.07, 6.45) is 0.631. The molecule has 2 amide bonds. The molecule has 0 fully saturated rings. The molecule has 0 radical (unpaired) electrons. The minimum absolute atomic E-state index is 0.0279. The van der Waals surface area contributed by atoms with Crippen LogP contribution < -0.4 is 0 Å². The number of amides is 2. The lowest BCUT2D eigenvalue weighted by Gasteiger charge is -2.42. The number of rotatable bonds is 3. The summed E-state index contributed by atoms with van der Waals surface area (Å²) >= 11 is 6.55. The fourth-order valence-electron chi connectivity index (χ4n) is 5.28. The first-order valence-corrected chi connectivity index (χ1v) is 11.7. The van der Waals surface area contributed by atoms with Gasteiger partial charge in [0.05, 0.1) is 23.7 Å². The predicted octanol–water partition coefficient (Wildman–Crippen LogP) is 4.41. The molecule has 7 heteroatoms. The molecule has 1 atom stereocenters. The summed E-state index contributed by atoms with van der Waals surface area (Å²) in [6.45, 7) is 0.442. The van der Waals surface area contributed by atoms with Gasteiger partial charge in [0, 0.05) is 17.7 Å². The molecule has 0 aromatic heterocycles. The van der Waals surface area contributed by atoms with Crippen LogP contribution >= 0.6 is 11.6 Å². The number of imide groups is 1. The number of allylic oxidation sites excluding steroid dienone is 2. The molecule has 0 N–H and O–H groups in total. The molecule has 172 valence electrons. The van der Waals surface area contributed by atoms with E-state index in [1.807, 2.05) is 24.3 Å². The average Bonchev–Trinajstić information content (AvgIpc) is 3.13. The topological polar surface area (TPSA) is 74.8 Å². The van der Waals surface area contributed by atoms with Crippen LogP contribution in [0, 0.1) is 0 Å². The third kappa shape index (κ3) is 3.17. The molecule has 3 aromatic rings. The molecule has 0 bridgehead atoms. The molecule has 2 aliphatic heterocycles. The van der Waals surface area contributed by atoms with Gasteiger partial charge in [-0.1, -0.05) is 72.3 Å². The minimum atomic E-state index is -0.534. The van der Waals surface area contributed by atoms with Crippen LogP contribution in [0.1, 0.15) is 58.6 Å². The molecule has 3 aromatic carbocycles. The van der Waals surface area contributed by atoms with Crippen LogP contribution in [-0.2, 0) is 6.42 Å². The summed E-state index contributed by atoms with van der Waals surface area (Å²) < 4.78 is 0. The molecule has 0 saturated carbocycles. The first-order chi connectivity index (χ1) is 17.0. The number of Topliss-reactive ketones (excluding diaryl/α,β-unsaturated/α-hetero) is 2. The molecule has 3 aliphatic rings. The van der Waals surface area contributed by atoms with Crippen LogP contribution in [-0.4, -0.2) is 46.3 Å². The fourth-order valence-corrected chi connectivity index (χ4v) is 5.58. The summed E-state index contributed by atoms with van der Waals surface area (Å²) in [5.41, 5.74) is 3.39. The lowest BCUT2D eigenvalue weighted by molar-refractivity contribution is 0.0595. The number of carbonyl (C=O) groups excluding carboxylic acids is 4. The Balaban J connectivity index is 1.45. The maximum Gasteiger partial charge on any atom is 0.261 e. The van der Waals surface area contributed by atoms with Crippen LogP contribution in [0.5, 0.6) is 0 Å². The van der Waals surface area contributed by atoms with Gasteiger partial charge >= 0.3 is 0 Å². The molecule has 35 heavy (non-hydrogen) atoms. The summed E-state index contributed by atoms with van der Waals surface area (Å²) in [5, 5.41) is -0.138. The van der Waals surface area contributed by atoms with Gasteiger partial charge in [-0.2, -0.15) is 0 Å². The Morgan fingerprint density at radius 2 is 1.26 bits per heavy atom. The molecule has 2 heterocycles. The van der Waals surface area contributed by atoms with Crippen molar-refractivity contribution in [2.75, 3.05) is 13.1 Å². The molecule has 6 nitrogen and oxygen atoms in total. The van der Waals surface area contributed by atoms with E-state index >= 15 is 0 Å². The first-order valence-electron chi connectivity index (χ1n) is 11.3. The highest BCUT2D eigenvalue weighted by molar-refractivity contribution is 6.49. The highest BCUT2D eigenvalue weighted by atomic mass is 35.5. The Bertz CT molecular complexity index is 1460. The monoisotopic (exact) mass is 482 g/mol. The molecule has 6 rings (SSSR count). The number of halogens is 1. The van der Waals surface area contributed by atoms with Crippen molar-refractivity contribution >= 4 is 35.0 Å². The van der Waals surface area contributed by atoms with Gasteiger partial charge in [-0.15, -0.1) is 0 Å². The second kappa shape index (κ2) is 8.03. The van der Waals surface area contributed by atoms with Gasteiger partial charge in [0.15, 0.2) is 0 Å². The number of carbonyl (C=O) groups is 4. The van der Waals surface area contributed by atoms with Gasteiger partial charge in [0.1, 0.15) is 10.7 Å². The Morgan fingerprint density at radius 1 is 0.714 bits per heavy atom. The Hall–Kier alpha value is -4.03. The van der Waals surface area contributed by atoms with Crippen LogP contribution in [0.2, 0.25) is 0 Å². The van der Waals surface area contributed by atoms with Crippen LogP contribution in [0.15, 0.2) is 83.5 Å². The first kappa shape index (κ1) is 21.5. The van der Waals surface area contributed by atoms with Crippen molar-refractivity contribution < 1.29 is 19.2 Å². The minimum Gasteiger partial charge on any atom is -0.358 e. The number of hydrogen-bond acceptors (Lipinski definition) is 5. The van der Waals surface area contributed by atoms with Gasteiger partial charge in [0.2, 0.25) is 11.6 Å². The van der Waals surface area contributed by atoms with Crippen molar-refractivity contribution in [1.82, 2.24) is 9.80 Å². The van der Waals surface area contributed by atoms with E-state index in [0.717, 1.165) is 11.1 Å². The van der Waals surface area contributed by atoms with Gasteiger partial charge in [-0.3, -0.25) is 24.1 Å². The third-order valence-electron chi connectivity index (χ3n) is 6.97. The Morgan fingerprint density at radius 3 is 1.91 bits per heavy atom. The zero-order valence-corrected chi connectivity index (χ0v) is 19.3. The molecular formula is C28H19ClN2O4. The van der Waals surface area contributed by atoms with E-state index in [1.54, 1.807) is 53.4 Å². The predicted molar refractivity (Wildman–Crippen MR) is 129 cm³/mol. The molecule has 0 saturated heterocycles. The quantitative estimate of drug-likeness (QED) is 0.517. The maximum absolute atomic E-state index is 13.6. The Labute approximate surface area is 206 Å². The van der Waals surface area contributed by atoms with Crippen molar-refractivity contribution in [3.05, 3.63) is 117 Å². The van der Waals surface area contributed by atoms with E-state index in [9.17, 15) is 19.2 Å². The van der Waals surface area contributed by atoms with Gasteiger partial charge < -0.3 is 4.90 Å². The van der Waals surface area contributed by atoms with E-state index in [-0.39, 0.29) is 40.4 Å². The normalized spacial score (nSPS) is 19.2. The van der Waals surface area contributed by atoms with Crippen LogP contribution in [0.25, 0.3) is 0 Å². The summed E-state index contributed by atoms with van der Waals surface area (Å²) in [7, 11) is 0. The zero-order chi connectivity index (χ0) is 24.3. The molecule has 1 aliphatic carbocycles. The number of fused-ring (bicyclic) bond motifs is 3. The lowest BCUT2D eigenvalue weighted by Crippen LogP contribution is -2.46. The highest BCUT2D eigenvalue weighted by Gasteiger charge is 2.43. The standard InChI is InChI=1S/C28H19ClN2O4/c29-23-24(26(33)19-10-4-3-9-18(19)25(23)32)30-14-13-16-7-1-2-8-17(16)22(30)15-31-27(34)20-11-5-6-12-21(20)28(31)35/h1-12,22H,13-15H2/t22-/m0/s1. The number of hydrogen-bond donors (Lipinski definition) is 0. The Kier molecular flexibility index (Phi) is 4.93. The summed E-state index contributed by atoms with van der Waals surface area (Å²) in [6, 6.07) is 20.6.